The molecule has 8 nitrogen and oxygen atoms in total. The Labute approximate surface area is 184 Å². The predicted molar refractivity (Wildman–Crippen MR) is 115 cm³/mol. The summed E-state index contributed by atoms with van der Waals surface area (Å²) in [6, 6.07) is 4.79. The van der Waals surface area contributed by atoms with Crippen molar-refractivity contribution in [1.29, 1.82) is 0 Å². The van der Waals surface area contributed by atoms with E-state index in [1.54, 1.807) is 24.0 Å². The van der Waals surface area contributed by atoms with Crippen molar-refractivity contribution in [3.8, 4) is 5.75 Å². The molecular weight excluding hydrogens is 420 g/mol. The quantitative estimate of drug-likeness (QED) is 0.590. The summed E-state index contributed by atoms with van der Waals surface area (Å²) in [6.45, 7) is 6.73. The van der Waals surface area contributed by atoms with Crippen LogP contribution in [-0.2, 0) is 24.3 Å². The van der Waals surface area contributed by atoms with Gasteiger partial charge in [-0.15, -0.1) is 0 Å². The molecule has 0 N–H and O–H groups in total. The Morgan fingerprint density at radius 2 is 1.87 bits per heavy atom. The van der Waals surface area contributed by atoms with Crippen molar-refractivity contribution >= 4 is 21.9 Å². The molecule has 9 heteroatoms. The van der Waals surface area contributed by atoms with Gasteiger partial charge in [0.15, 0.2) is 0 Å². The van der Waals surface area contributed by atoms with Gasteiger partial charge in [0, 0.05) is 25.6 Å². The highest BCUT2D eigenvalue weighted by molar-refractivity contribution is 7.89. The largest absolute Gasteiger partial charge is 0.497 e. The van der Waals surface area contributed by atoms with E-state index in [1.807, 2.05) is 13.8 Å². The first-order valence-corrected chi connectivity index (χ1v) is 12.2. The number of hydrogen-bond acceptors (Lipinski definition) is 6. The number of likely N-dealkylation sites (tertiary alicyclic amines) is 1. The Hall–Kier alpha value is -2.13. The lowest BCUT2D eigenvalue weighted by molar-refractivity contribution is -0.147. The van der Waals surface area contributed by atoms with Crippen molar-refractivity contribution in [2.75, 3.05) is 26.8 Å². The van der Waals surface area contributed by atoms with Gasteiger partial charge >= 0.3 is 5.97 Å². The second-order valence-corrected chi connectivity index (χ2v) is 10.4. The molecule has 1 aromatic carbocycles. The minimum Gasteiger partial charge on any atom is -0.497 e. The molecule has 2 saturated heterocycles. The van der Waals surface area contributed by atoms with Crippen molar-refractivity contribution in [2.45, 2.75) is 57.0 Å². The summed E-state index contributed by atoms with van der Waals surface area (Å²) in [4.78, 5) is 27.2. The lowest BCUT2D eigenvalue weighted by Gasteiger charge is -2.38. The van der Waals surface area contributed by atoms with Gasteiger partial charge in [0.05, 0.1) is 18.6 Å². The minimum atomic E-state index is -3.98. The molecule has 3 rings (SSSR count). The highest BCUT2D eigenvalue weighted by atomic mass is 32.2. The van der Waals surface area contributed by atoms with Crippen molar-refractivity contribution < 1.29 is 27.5 Å². The fourth-order valence-corrected chi connectivity index (χ4v) is 6.35. The Kier molecular flexibility index (Phi) is 7.26. The molecule has 0 aromatic heterocycles. The molecule has 0 saturated carbocycles. The third kappa shape index (κ3) is 4.87. The van der Waals surface area contributed by atoms with Gasteiger partial charge in [-0.1, -0.05) is 13.8 Å². The molecule has 172 valence electrons. The summed E-state index contributed by atoms with van der Waals surface area (Å²) >= 11 is 0. The molecule has 31 heavy (non-hydrogen) atoms. The molecule has 1 aromatic rings. The molecule has 2 fully saturated rings. The summed E-state index contributed by atoms with van der Waals surface area (Å²) in [7, 11) is -2.47. The molecule has 2 heterocycles. The Morgan fingerprint density at radius 1 is 1.19 bits per heavy atom. The zero-order valence-electron chi connectivity index (χ0n) is 18.6. The summed E-state index contributed by atoms with van der Waals surface area (Å²) in [5, 5.41) is 0. The number of sulfonamides is 1. The van der Waals surface area contributed by atoms with E-state index >= 15 is 0 Å². The highest BCUT2D eigenvalue weighted by Crippen LogP contribution is 2.40. The molecular formula is C22H32N2O6S. The molecule has 2 aliphatic heterocycles. The summed E-state index contributed by atoms with van der Waals surface area (Å²) in [5.41, 5.74) is 0. The van der Waals surface area contributed by atoms with Crippen LogP contribution in [0.15, 0.2) is 29.2 Å². The first kappa shape index (κ1) is 23.5. The van der Waals surface area contributed by atoms with E-state index < -0.39 is 28.1 Å². The van der Waals surface area contributed by atoms with Gasteiger partial charge in [-0.05, 0) is 55.9 Å². The van der Waals surface area contributed by atoms with Gasteiger partial charge in [0.25, 0.3) is 0 Å². The van der Waals surface area contributed by atoms with E-state index in [0.29, 0.717) is 38.1 Å². The maximum atomic E-state index is 13.6. The SMILES string of the molecule is CCOC(=O)C1C[C@@H]2CCN(C(=O)CC(C)C)C[C@@H]2N1S(=O)(=O)c1ccc(OC)cc1. The number of piperidine rings is 1. The number of esters is 1. The van der Waals surface area contributed by atoms with Gasteiger partial charge in [-0.2, -0.15) is 4.31 Å². The summed E-state index contributed by atoms with van der Waals surface area (Å²) < 4.78 is 38.9. The number of carbonyl (C=O) groups is 2. The van der Waals surface area contributed by atoms with E-state index in [9.17, 15) is 18.0 Å². The second kappa shape index (κ2) is 9.56. The maximum Gasteiger partial charge on any atom is 0.324 e. The van der Waals surface area contributed by atoms with E-state index in [2.05, 4.69) is 0 Å². The topological polar surface area (TPSA) is 93.2 Å². The van der Waals surface area contributed by atoms with Crippen LogP contribution >= 0.6 is 0 Å². The van der Waals surface area contributed by atoms with E-state index in [0.717, 1.165) is 0 Å². The molecule has 0 spiro atoms. The van der Waals surface area contributed by atoms with Gasteiger partial charge in [-0.3, -0.25) is 9.59 Å². The number of benzene rings is 1. The van der Waals surface area contributed by atoms with Crippen LogP contribution < -0.4 is 4.74 Å². The molecule has 0 aliphatic carbocycles. The summed E-state index contributed by atoms with van der Waals surface area (Å²) in [5.74, 6) is 0.262. The van der Waals surface area contributed by atoms with Crippen LogP contribution in [0.2, 0.25) is 0 Å². The van der Waals surface area contributed by atoms with Crippen molar-refractivity contribution in [3.05, 3.63) is 24.3 Å². The zero-order valence-corrected chi connectivity index (χ0v) is 19.4. The van der Waals surface area contributed by atoms with Gasteiger partial charge in [-0.25, -0.2) is 8.42 Å². The van der Waals surface area contributed by atoms with Gasteiger partial charge < -0.3 is 14.4 Å². The average Bonchev–Trinajstić information content (AvgIpc) is 3.13. The third-order valence-electron chi connectivity index (χ3n) is 6.01. The number of nitrogens with zero attached hydrogens (tertiary/aromatic N) is 2. The number of hydrogen-bond donors (Lipinski definition) is 0. The second-order valence-electron chi connectivity index (χ2n) is 8.57. The fraction of sp³-hybridized carbons (Fsp3) is 0.636. The Balaban J connectivity index is 1.94. The monoisotopic (exact) mass is 452 g/mol. The molecule has 1 amide bonds. The fourth-order valence-electron chi connectivity index (χ4n) is 4.52. The lowest BCUT2D eigenvalue weighted by Crippen LogP contribution is -2.54. The van der Waals surface area contributed by atoms with Crippen molar-refractivity contribution in [3.63, 3.8) is 0 Å². The smallest absolute Gasteiger partial charge is 0.324 e. The molecule has 3 atom stereocenters. The molecule has 0 radical (unpaired) electrons. The molecule has 0 bridgehead atoms. The Bertz CT molecular complexity index is 899. The number of ether oxygens (including phenoxy) is 2. The van der Waals surface area contributed by atoms with E-state index in [-0.39, 0.29) is 29.2 Å². The zero-order chi connectivity index (χ0) is 22.8. The number of methoxy groups -OCH3 is 1. The van der Waals surface area contributed by atoms with Crippen molar-refractivity contribution in [1.82, 2.24) is 9.21 Å². The number of amides is 1. The van der Waals surface area contributed by atoms with Crippen LogP contribution in [0.25, 0.3) is 0 Å². The third-order valence-corrected chi connectivity index (χ3v) is 7.96. The van der Waals surface area contributed by atoms with Crippen molar-refractivity contribution in [2.24, 2.45) is 11.8 Å². The predicted octanol–water partition coefficient (Wildman–Crippen LogP) is 2.28. The van der Waals surface area contributed by atoms with E-state index in [1.165, 1.54) is 23.5 Å². The van der Waals surface area contributed by atoms with Crippen LogP contribution in [0, 0.1) is 11.8 Å². The highest BCUT2D eigenvalue weighted by Gasteiger charge is 2.53. The number of rotatable bonds is 7. The minimum absolute atomic E-state index is 0.00512. The van der Waals surface area contributed by atoms with Crippen LogP contribution in [0.4, 0.5) is 0 Å². The number of fused-ring (bicyclic) bond motifs is 1. The van der Waals surface area contributed by atoms with Crippen LogP contribution in [0.1, 0.15) is 40.0 Å². The molecule has 1 unspecified atom stereocenters. The van der Waals surface area contributed by atoms with Crippen LogP contribution in [0.5, 0.6) is 5.75 Å². The Morgan fingerprint density at radius 3 is 2.45 bits per heavy atom. The molecule has 2 aliphatic rings. The maximum absolute atomic E-state index is 13.6. The first-order valence-electron chi connectivity index (χ1n) is 10.8. The number of carbonyl (C=O) groups excluding carboxylic acids is 2. The summed E-state index contributed by atoms with van der Waals surface area (Å²) in [6.07, 6.45) is 1.49. The van der Waals surface area contributed by atoms with E-state index in [4.69, 9.17) is 9.47 Å². The van der Waals surface area contributed by atoms with Crippen LogP contribution in [0.3, 0.4) is 0 Å². The average molecular weight is 453 g/mol. The normalized spacial score (nSPS) is 24.2. The standard InChI is InChI=1S/C22H32N2O6S/c1-5-30-22(26)19-13-16-10-11-23(21(25)12-15(2)3)14-20(16)24(19)31(27,28)18-8-6-17(29-4)7-9-18/h6-9,15-16,19-20H,5,10-14H2,1-4H3/t16-,19?,20-/m0/s1. The lowest BCUT2D eigenvalue weighted by atomic mass is 9.91. The van der Waals surface area contributed by atoms with Gasteiger partial charge in [0.2, 0.25) is 15.9 Å². The first-order chi connectivity index (χ1) is 14.7. The van der Waals surface area contributed by atoms with Crippen LogP contribution in [-0.4, -0.2) is 68.4 Å². The van der Waals surface area contributed by atoms with Gasteiger partial charge in [0.1, 0.15) is 11.8 Å².